The van der Waals surface area contributed by atoms with E-state index in [2.05, 4.69) is 0 Å². The van der Waals surface area contributed by atoms with Crippen molar-refractivity contribution in [3.63, 3.8) is 0 Å². The van der Waals surface area contributed by atoms with Crippen LogP contribution in [0.1, 0.15) is 31.2 Å². The van der Waals surface area contributed by atoms with Gasteiger partial charge in [-0.2, -0.15) is 0 Å². The summed E-state index contributed by atoms with van der Waals surface area (Å²) in [6.45, 7) is 1.67. The van der Waals surface area contributed by atoms with Crippen molar-refractivity contribution in [3.8, 4) is 0 Å². The largest absolute Gasteiger partial charge is 0.395 e. The molecule has 1 aliphatic carbocycles. The molecule has 0 aromatic heterocycles. The van der Waals surface area contributed by atoms with E-state index in [1.807, 2.05) is 40.1 Å². The van der Waals surface area contributed by atoms with Gasteiger partial charge in [0.15, 0.2) is 0 Å². The monoisotopic (exact) mass is 330 g/mol. The number of likely N-dealkylation sites (tertiary alicyclic amines) is 1. The summed E-state index contributed by atoms with van der Waals surface area (Å²) in [5, 5.41) is 9.21. The van der Waals surface area contributed by atoms with E-state index < -0.39 is 0 Å². The van der Waals surface area contributed by atoms with Crippen LogP contribution in [-0.2, 0) is 16.0 Å². The molecule has 3 rings (SSSR count). The highest BCUT2D eigenvalue weighted by molar-refractivity contribution is 5.82. The minimum Gasteiger partial charge on any atom is -0.395 e. The summed E-state index contributed by atoms with van der Waals surface area (Å²) in [7, 11) is 0. The molecule has 2 aliphatic rings. The van der Waals surface area contributed by atoms with Crippen LogP contribution >= 0.6 is 0 Å². The Labute approximate surface area is 143 Å². The number of hydrogen-bond donors (Lipinski definition) is 1. The summed E-state index contributed by atoms with van der Waals surface area (Å²) in [5.41, 5.74) is 1.01. The Morgan fingerprint density at radius 3 is 2.58 bits per heavy atom. The molecule has 1 N–H and O–H groups in total. The minimum atomic E-state index is -0.120. The zero-order chi connectivity index (χ0) is 16.9. The molecule has 0 bridgehead atoms. The molecule has 1 saturated heterocycles. The van der Waals surface area contributed by atoms with Crippen LogP contribution < -0.4 is 0 Å². The van der Waals surface area contributed by atoms with Gasteiger partial charge in [0, 0.05) is 25.7 Å². The Morgan fingerprint density at radius 1 is 1.17 bits per heavy atom. The highest BCUT2D eigenvalue weighted by atomic mass is 16.3. The van der Waals surface area contributed by atoms with Gasteiger partial charge in [0.25, 0.3) is 0 Å². The Balaban J connectivity index is 1.59. The van der Waals surface area contributed by atoms with Gasteiger partial charge >= 0.3 is 0 Å². The first kappa shape index (κ1) is 17.0. The second kappa shape index (κ2) is 7.79. The molecule has 2 fully saturated rings. The van der Waals surface area contributed by atoms with Crippen LogP contribution in [0.15, 0.2) is 30.3 Å². The van der Waals surface area contributed by atoms with Crippen LogP contribution in [0.2, 0.25) is 0 Å². The molecule has 1 saturated carbocycles. The predicted octanol–water partition coefficient (Wildman–Crippen LogP) is 1.45. The topological polar surface area (TPSA) is 60.9 Å². The first-order valence-corrected chi connectivity index (χ1v) is 8.92. The van der Waals surface area contributed by atoms with Crippen molar-refractivity contribution in [1.29, 1.82) is 0 Å². The van der Waals surface area contributed by atoms with Crippen molar-refractivity contribution in [2.45, 2.75) is 38.1 Å². The van der Waals surface area contributed by atoms with E-state index >= 15 is 0 Å². The lowest BCUT2D eigenvalue weighted by Crippen LogP contribution is -2.48. The van der Waals surface area contributed by atoms with Gasteiger partial charge < -0.3 is 14.9 Å². The molecule has 1 atom stereocenters. The quantitative estimate of drug-likeness (QED) is 0.859. The van der Waals surface area contributed by atoms with Gasteiger partial charge in [0.1, 0.15) is 0 Å². The standard InChI is InChI=1S/C19H26N2O3/c22-12-11-21(17-8-9-17)19(24)16-7-4-10-20(14-16)18(23)13-15-5-2-1-3-6-15/h1-3,5-6,16-17,22H,4,7-14H2. The van der Waals surface area contributed by atoms with E-state index in [-0.39, 0.29) is 24.3 Å². The van der Waals surface area contributed by atoms with Crippen molar-refractivity contribution in [2.24, 2.45) is 5.92 Å². The van der Waals surface area contributed by atoms with Crippen molar-refractivity contribution < 1.29 is 14.7 Å². The van der Waals surface area contributed by atoms with Crippen molar-refractivity contribution in [2.75, 3.05) is 26.2 Å². The number of carbonyl (C=O) groups is 2. The molecule has 1 aromatic carbocycles. The fourth-order valence-corrected chi connectivity index (χ4v) is 3.49. The molecule has 1 unspecified atom stereocenters. The maximum absolute atomic E-state index is 12.8. The molecule has 1 heterocycles. The first-order chi connectivity index (χ1) is 11.7. The van der Waals surface area contributed by atoms with Gasteiger partial charge in [-0.25, -0.2) is 0 Å². The number of amides is 2. The molecule has 24 heavy (non-hydrogen) atoms. The van der Waals surface area contributed by atoms with Gasteiger partial charge in [-0.15, -0.1) is 0 Å². The van der Waals surface area contributed by atoms with E-state index in [0.29, 0.717) is 25.6 Å². The normalized spacial score (nSPS) is 20.7. The van der Waals surface area contributed by atoms with E-state index in [9.17, 15) is 14.7 Å². The summed E-state index contributed by atoms with van der Waals surface area (Å²) in [5.74, 6) is 0.0909. The van der Waals surface area contributed by atoms with Gasteiger partial charge in [0.2, 0.25) is 11.8 Å². The minimum absolute atomic E-state index is 0.00557. The molecule has 0 spiro atoms. The highest BCUT2D eigenvalue weighted by Crippen LogP contribution is 2.30. The summed E-state index contributed by atoms with van der Waals surface area (Å²) < 4.78 is 0. The van der Waals surface area contributed by atoms with E-state index in [4.69, 9.17) is 0 Å². The Kier molecular flexibility index (Phi) is 5.51. The molecular formula is C19H26N2O3. The fourth-order valence-electron chi connectivity index (χ4n) is 3.49. The summed E-state index contributed by atoms with van der Waals surface area (Å²) in [6, 6.07) is 10.0. The summed E-state index contributed by atoms with van der Waals surface area (Å²) in [4.78, 5) is 29.0. The third kappa shape index (κ3) is 4.15. The number of hydrogen-bond acceptors (Lipinski definition) is 3. The van der Waals surface area contributed by atoms with Gasteiger partial charge in [-0.3, -0.25) is 9.59 Å². The lowest BCUT2D eigenvalue weighted by Gasteiger charge is -2.35. The van der Waals surface area contributed by atoms with Gasteiger partial charge in [0.05, 0.1) is 18.9 Å². The fraction of sp³-hybridized carbons (Fsp3) is 0.579. The number of piperidine rings is 1. The Morgan fingerprint density at radius 2 is 1.92 bits per heavy atom. The van der Waals surface area contributed by atoms with E-state index in [1.54, 1.807) is 0 Å². The SMILES string of the molecule is O=C(Cc1ccccc1)N1CCCC(C(=O)N(CCO)C2CC2)C1. The molecule has 5 nitrogen and oxygen atoms in total. The average Bonchev–Trinajstić information content (AvgIpc) is 3.45. The summed E-state index contributed by atoms with van der Waals surface area (Å²) in [6.07, 6.45) is 4.17. The zero-order valence-electron chi connectivity index (χ0n) is 14.1. The molecule has 1 aliphatic heterocycles. The van der Waals surface area contributed by atoms with Gasteiger partial charge in [-0.05, 0) is 31.2 Å². The van der Waals surface area contributed by atoms with Crippen LogP contribution in [0.4, 0.5) is 0 Å². The molecule has 0 radical (unpaired) electrons. The maximum Gasteiger partial charge on any atom is 0.227 e. The number of rotatable bonds is 6. The van der Waals surface area contributed by atoms with Crippen LogP contribution in [0.25, 0.3) is 0 Å². The number of carbonyl (C=O) groups excluding carboxylic acids is 2. The van der Waals surface area contributed by atoms with Crippen molar-refractivity contribution >= 4 is 11.8 Å². The summed E-state index contributed by atoms with van der Waals surface area (Å²) >= 11 is 0. The zero-order valence-corrected chi connectivity index (χ0v) is 14.1. The molecular weight excluding hydrogens is 304 g/mol. The van der Waals surface area contributed by atoms with E-state index in [1.165, 1.54) is 0 Å². The lowest BCUT2D eigenvalue weighted by atomic mass is 9.95. The van der Waals surface area contributed by atoms with Crippen LogP contribution in [0, 0.1) is 5.92 Å². The van der Waals surface area contributed by atoms with Crippen LogP contribution in [0.3, 0.4) is 0 Å². The molecule has 130 valence electrons. The number of benzene rings is 1. The second-order valence-corrected chi connectivity index (χ2v) is 6.83. The maximum atomic E-state index is 12.8. The average molecular weight is 330 g/mol. The highest BCUT2D eigenvalue weighted by Gasteiger charge is 2.37. The third-order valence-corrected chi connectivity index (χ3v) is 4.93. The van der Waals surface area contributed by atoms with Crippen LogP contribution in [-0.4, -0.2) is 59.0 Å². The molecule has 2 amide bonds. The molecule has 5 heteroatoms. The van der Waals surface area contributed by atoms with Crippen molar-refractivity contribution in [3.05, 3.63) is 35.9 Å². The van der Waals surface area contributed by atoms with Gasteiger partial charge in [-0.1, -0.05) is 30.3 Å². The first-order valence-electron chi connectivity index (χ1n) is 8.92. The number of aliphatic hydroxyl groups excluding tert-OH is 1. The van der Waals surface area contributed by atoms with E-state index in [0.717, 1.165) is 37.8 Å². The van der Waals surface area contributed by atoms with Crippen molar-refractivity contribution in [1.82, 2.24) is 9.80 Å². The lowest BCUT2D eigenvalue weighted by molar-refractivity contribution is -0.141. The Bertz CT molecular complexity index is 571. The number of aliphatic hydroxyl groups is 1. The van der Waals surface area contributed by atoms with Crippen LogP contribution in [0.5, 0.6) is 0 Å². The Hall–Kier alpha value is -1.88. The second-order valence-electron chi connectivity index (χ2n) is 6.83. The third-order valence-electron chi connectivity index (χ3n) is 4.93. The smallest absolute Gasteiger partial charge is 0.227 e. The number of nitrogens with zero attached hydrogens (tertiary/aromatic N) is 2. The molecule has 1 aromatic rings. The predicted molar refractivity (Wildman–Crippen MR) is 91.3 cm³/mol.